The lowest BCUT2D eigenvalue weighted by Gasteiger charge is -2.22. The first-order valence-electron chi connectivity index (χ1n) is 6.61. The summed E-state index contributed by atoms with van der Waals surface area (Å²) in [4.78, 5) is 4.42. The zero-order chi connectivity index (χ0) is 14.2. The van der Waals surface area contributed by atoms with Crippen LogP contribution in [0.1, 0.15) is 12.8 Å². The van der Waals surface area contributed by atoms with Crippen LogP contribution in [0.15, 0.2) is 41.4 Å². The highest BCUT2D eigenvalue weighted by Crippen LogP contribution is 2.29. The van der Waals surface area contributed by atoms with E-state index >= 15 is 0 Å². The van der Waals surface area contributed by atoms with Gasteiger partial charge in [0, 0.05) is 24.2 Å². The van der Waals surface area contributed by atoms with Crippen molar-refractivity contribution in [3.63, 3.8) is 0 Å². The van der Waals surface area contributed by atoms with E-state index in [-0.39, 0.29) is 17.5 Å². The normalized spacial score (nSPS) is 20.6. The molecule has 5 nitrogen and oxygen atoms in total. The van der Waals surface area contributed by atoms with Crippen LogP contribution in [-0.2, 0) is 10.0 Å². The number of para-hydroxylation sites is 1. The van der Waals surface area contributed by atoms with E-state index in [1.54, 1.807) is 24.4 Å². The SMILES string of the molecule is O=S(=O)(c1cccc2cccnc12)N1CCCC1CO. The lowest BCUT2D eigenvalue weighted by molar-refractivity contribution is 0.213. The molecule has 0 aliphatic carbocycles. The van der Waals surface area contributed by atoms with E-state index < -0.39 is 10.0 Å². The average Bonchev–Trinajstić information content (AvgIpc) is 2.96. The molecule has 1 aliphatic heterocycles. The minimum atomic E-state index is -3.62. The van der Waals surface area contributed by atoms with Crippen LogP contribution in [0.5, 0.6) is 0 Å². The van der Waals surface area contributed by atoms with Crippen LogP contribution in [0, 0.1) is 0 Å². The van der Waals surface area contributed by atoms with Crippen molar-refractivity contribution < 1.29 is 13.5 Å². The van der Waals surface area contributed by atoms with Gasteiger partial charge in [0.15, 0.2) is 0 Å². The number of pyridine rings is 1. The second-order valence-electron chi connectivity index (χ2n) is 4.93. The molecule has 1 aliphatic rings. The smallest absolute Gasteiger partial charge is 0.245 e. The van der Waals surface area contributed by atoms with Gasteiger partial charge >= 0.3 is 0 Å². The fourth-order valence-corrected chi connectivity index (χ4v) is 4.57. The molecule has 3 rings (SSSR count). The summed E-state index contributed by atoms with van der Waals surface area (Å²) in [6.45, 7) is 0.314. The Kier molecular flexibility index (Phi) is 3.45. The molecule has 1 N–H and O–H groups in total. The number of aromatic nitrogens is 1. The number of aliphatic hydroxyl groups is 1. The van der Waals surface area contributed by atoms with E-state index in [4.69, 9.17) is 0 Å². The Bertz CT molecular complexity index is 725. The van der Waals surface area contributed by atoms with Crippen molar-refractivity contribution in [2.45, 2.75) is 23.8 Å². The third-order valence-electron chi connectivity index (χ3n) is 3.72. The van der Waals surface area contributed by atoms with Gasteiger partial charge in [-0.25, -0.2) is 8.42 Å². The molecule has 1 saturated heterocycles. The van der Waals surface area contributed by atoms with Crippen LogP contribution in [-0.4, -0.2) is 42.0 Å². The molecular formula is C14H16N2O3S. The number of benzene rings is 1. The van der Waals surface area contributed by atoms with E-state index in [0.717, 1.165) is 11.8 Å². The molecule has 2 aromatic rings. The summed E-state index contributed by atoms with van der Waals surface area (Å²) in [6, 6.07) is 8.45. The predicted octanol–water partition coefficient (Wildman–Crippen LogP) is 1.38. The molecule has 0 spiro atoms. The minimum Gasteiger partial charge on any atom is -0.395 e. The Morgan fingerprint density at radius 2 is 2.10 bits per heavy atom. The number of hydrogen-bond acceptors (Lipinski definition) is 4. The highest BCUT2D eigenvalue weighted by molar-refractivity contribution is 7.89. The summed E-state index contributed by atoms with van der Waals surface area (Å²) >= 11 is 0. The van der Waals surface area contributed by atoms with Crippen molar-refractivity contribution in [2.75, 3.05) is 13.2 Å². The number of hydrogen-bond donors (Lipinski definition) is 1. The van der Waals surface area contributed by atoms with Crippen molar-refractivity contribution in [1.82, 2.24) is 9.29 Å². The number of aliphatic hydroxyl groups excluding tert-OH is 1. The van der Waals surface area contributed by atoms with E-state index in [1.807, 2.05) is 12.1 Å². The van der Waals surface area contributed by atoms with Crippen molar-refractivity contribution in [2.24, 2.45) is 0 Å². The van der Waals surface area contributed by atoms with Crippen LogP contribution >= 0.6 is 0 Å². The van der Waals surface area contributed by atoms with Crippen LogP contribution < -0.4 is 0 Å². The molecule has 106 valence electrons. The fourth-order valence-electron chi connectivity index (χ4n) is 2.72. The fraction of sp³-hybridized carbons (Fsp3) is 0.357. The van der Waals surface area contributed by atoms with Crippen molar-refractivity contribution in [3.8, 4) is 0 Å². The Balaban J connectivity index is 2.14. The first kappa shape index (κ1) is 13.5. The Morgan fingerprint density at radius 1 is 1.30 bits per heavy atom. The van der Waals surface area contributed by atoms with E-state index in [9.17, 15) is 13.5 Å². The van der Waals surface area contributed by atoms with Gasteiger partial charge in [-0.05, 0) is 25.0 Å². The zero-order valence-electron chi connectivity index (χ0n) is 10.9. The molecular weight excluding hydrogens is 276 g/mol. The molecule has 0 amide bonds. The number of nitrogens with zero attached hydrogens (tertiary/aromatic N) is 2. The molecule has 0 radical (unpaired) electrons. The largest absolute Gasteiger partial charge is 0.395 e. The molecule has 0 saturated carbocycles. The Labute approximate surface area is 117 Å². The standard InChI is InChI=1S/C14H16N2O3S/c17-10-12-6-3-9-16(12)20(18,19)13-7-1-4-11-5-2-8-15-14(11)13/h1-2,4-5,7-8,12,17H,3,6,9-10H2. The molecule has 1 aromatic carbocycles. The summed E-state index contributed by atoms with van der Waals surface area (Å²) in [5.74, 6) is 0. The molecule has 6 heteroatoms. The summed E-state index contributed by atoms with van der Waals surface area (Å²) in [6.07, 6.45) is 3.07. The second-order valence-corrected chi connectivity index (χ2v) is 6.78. The monoisotopic (exact) mass is 292 g/mol. The predicted molar refractivity (Wildman–Crippen MR) is 75.7 cm³/mol. The summed E-state index contributed by atoms with van der Waals surface area (Å²) in [5, 5.41) is 10.1. The third-order valence-corrected chi connectivity index (χ3v) is 5.70. The topological polar surface area (TPSA) is 70.5 Å². The summed E-state index contributed by atoms with van der Waals surface area (Å²) < 4.78 is 27.0. The van der Waals surface area contributed by atoms with Crippen LogP contribution in [0.4, 0.5) is 0 Å². The van der Waals surface area contributed by atoms with Gasteiger partial charge in [0.1, 0.15) is 4.90 Å². The van der Waals surface area contributed by atoms with Gasteiger partial charge in [0.05, 0.1) is 12.1 Å². The summed E-state index contributed by atoms with van der Waals surface area (Å²) in [5.41, 5.74) is 0.485. The maximum absolute atomic E-state index is 12.8. The molecule has 1 fully saturated rings. The van der Waals surface area contributed by atoms with E-state index in [1.165, 1.54) is 4.31 Å². The number of sulfonamides is 1. The first-order chi connectivity index (χ1) is 9.64. The molecule has 2 heterocycles. The van der Waals surface area contributed by atoms with Gasteiger partial charge in [-0.1, -0.05) is 18.2 Å². The van der Waals surface area contributed by atoms with Crippen LogP contribution in [0.25, 0.3) is 10.9 Å². The van der Waals surface area contributed by atoms with Crippen molar-refractivity contribution in [3.05, 3.63) is 36.5 Å². The lowest BCUT2D eigenvalue weighted by atomic mass is 10.2. The molecule has 1 atom stereocenters. The van der Waals surface area contributed by atoms with Gasteiger partial charge in [0.25, 0.3) is 0 Å². The Hall–Kier alpha value is -1.50. The quantitative estimate of drug-likeness (QED) is 0.928. The van der Waals surface area contributed by atoms with Crippen LogP contribution in [0.2, 0.25) is 0 Å². The van der Waals surface area contributed by atoms with Crippen molar-refractivity contribution >= 4 is 20.9 Å². The minimum absolute atomic E-state index is 0.141. The first-order valence-corrected chi connectivity index (χ1v) is 8.05. The molecule has 1 unspecified atom stereocenters. The second kappa shape index (κ2) is 5.12. The maximum Gasteiger partial charge on any atom is 0.245 e. The van der Waals surface area contributed by atoms with Gasteiger partial charge in [-0.3, -0.25) is 4.98 Å². The van der Waals surface area contributed by atoms with E-state index in [0.29, 0.717) is 18.5 Å². The lowest BCUT2D eigenvalue weighted by Crippen LogP contribution is -2.37. The zero-order valence-corrected chi connectivity index (χ0v) is 11.8. The van der Waals surface area contributed by atoms with Gasteiger partial charge in [-0.15, -0.1) is 0 Å². The molecule has 20 heavy (non-hydrogen) atoms. The maximum atomic E-state index is 12.8. The molecule has 1 aromatic heterocycles. The van der Waals surface area contributed by atoms with Gasteiger partial charge in [-0.2, -0.15) is 4.31 Å². The van der Waals surface area contributed by atoms with E-state index in [2.05, 4.69) is 4.98 Å². The van der Waals surface area contributed by atoms with Gasteiger partial charge < -0.3 is 5.11 Å². The highest BCUT2D eigenvalue weighted by atomic mass is 32.2. The average molecular weight is 292 g/mol. The number of fused-ring (bicyclic) bond motifs is 1. The van der Waals surface area contributed by atoms with Crippen molar-refractivity contribution in [1.29, 1.82) is 0 Å². The van der Waals surface area contributed by atoms with Crippen LogP contribution in [0.3, 0.4) is 0 Å². The Morgan fingerprint density at radius 3 is 2.90 bits per heavy atom. The summed E-state index contributed by atoms with van der Waals surface area (Å²) in [7, 11) is -3.62. The highest BCUT2D eigenvalue weighted by Gasteiger charge is 2.35. The number of rotatable bonds is 3. The van der Waals surface area contributed by atoms with Gasteiger partial charge in [0.2, 0.25) is 10.0 Å². The third kappa shape index (κ3) is 2.09. The molecule has 0 bridgehead atoms.